The molecule has 7 heteroatoms. The third-order valence-corrected chi connectivity index (χ3v) is 5.12. The first-order valence-electron chi connectivity index (χ1n) is 8.55. The number of carbonyl (C=O) groups is 2. The number of carbonyl (C=O) groups excluding carboxylic acids is 2. The number of ether oxygens (including phenoxy) is 1. The molecule has 0 unspecified atom stereocenters. The highest BCUT2D eigenvalue weighted by Crippen LogP contribution is 2.26. The highest BCUT2D eigenvalue weighted by atomic mass is 32.1. The number of esters is 1. The highest BCUT2D eigenvalue weighted by Gasteiger charge is 2.19. The molecule has 0 saturated carbocycles. The van der Waals surface area contributed by atoms with Crippen molar-refractivity contribution in [3.63, 3.8) is 0 Å². The Morgan fingerprint density at radius 3 is 2.57 bits per heavy atom. The minimum atomic E-state index is -0.628. The molecule has 28 heavy (non-hydrogen) atoms. The molecule has 0 aliphatic heterocycles. The van der Waals surface area contributed by atoms with Crippen molar-refractivity contribution in [3.05, 3.63) is 87.4 Å². The van der Waals surface area contributed by atoms with Crippen LogP contribution in [0.3, 0.4) is 0 Å². The van der Waals surface area contributed by atoms with Crippen molar-refractivity contribution in [2.45, 2.75) is 13.0 Å². The topological polar surface area (TPSA) is 81.4 Å². The lowest BCUT2D eigenvalue weighted by molar-refractivity contribution is -0.124. The van der Waals surface area contributed by atoms with Crippen LogP contribution in [0.1, 0.15) is 32.4 Å². The third-order valence-electron chi connectivity index (χ3n) is 4.19. The Morgan fingerprint density at radius 1 is 1.18 bits per heavy atom. The van der Waals surface area contributed by atoms with Crippen LogP contribution in [0.2, 0.25) is 0 Å². The number of nitrogens with two attached hydrogens (primary N) is 1. The van der Waals surface area contributed by atoms with Crippen molar-refractivity contribution < 1.29 is 18.7 Å². The number of amides is 1. The molecule has 2 aromatic carbocycles. The lowest BCUT2D eigenvalue weighted by Crippen LogP contribution is -2.32. The van der Waals surface area contributed by atoms with E-state index in [9.17, 15) is 14.0 Å². The van der Waals surface area contributed by atoms with Gasteiger partial charge in [0.25, 0.3) is 5.91 Å². The van der Waals surface area contributed by atoms with Crippen molar-refractivity contribution >= 4 is 28.9 Å². The average Bonchev–Trinajstić information content (AvgIpc) is 3.21. The van der Waals surface area contributed by atoms with Crippen LogP contribution in [0, 0.1) is 12.7 Å². The standard InChI is InChI=1S/C21H19FN2O3S/c1-13-4-5-15(11-17(13)23)21(26)27-12-19(25)24-20(18-3-2-10-28-18)14-6-8-16(22)9-7-14/h2-11,20H,12,23H2,1H3,(H,24,25)/t20-/m0/s1. The zero-order valence-corrected chi connectivity index (χ0v) is 16.0. The molecule has 3 aromatic rings. The summed E-state index contributed by atoms with van der Waals surface area (Å²) in [6, 6.07) is 14.0. The van der Waals surface area contributed by atoms with Gasteiger partial charge in [-0.15, -0.1) is 11.3 Å². The smallest absolute Gasteiger partial charge is 0.338 e. The number of hydrogen-bond acceptors (Lipinski definition) is 5. The zero-order valence-electron chi connectivity index (χ0n) is 15.1. The predicted octanol–water partition coefficient (Wildman–Crippen LogP) is 3.84. The fourth-order valence-electron chi connectivity index (χ4n) is 2.61. The van der Waals surface area contributed by atoms with E-state index in [0.717, 1.165) is 16.0 Å². The molecule has 0 aliphatic carbocycles. The van der Waals surface area contributed by atoms with Gasteiger partial charge in [-0.05, 0) is 53.8 Å². The van der Waals surface area contributed by atoms with Gasteiger partial charge in [0.05, 0.1) is 11.6 Å². The summed E-state index contributed by atoms with van der Waals surface area (Å²) in [4.78, 5) is 25.4. The Morgan fingerprint density at radius 2 is 1.93 bits per heavy atom. The summed E-state index contributed by atoms with van der Waals surface area (Å²) in [5, 5.41) is 4.72. The summed E-state index contributed by atoms with van der Waals surface area (Å²) in [6.45, 7) is 1.40. The van der Waals surface area contributed by atoms with Crippen LogP contribution < -0.4 is 11.1 Å². The van der Waals surface area contributed by atoms with Gasteiger partial charge < -0.3 is 15.8 Å². The highest BCUT2D eigenvalue weighted by molar-refractivity contribution is 7.10. The van der Waals surface area contributed by atoms with Crippen molar-refractivity contribution in [2.24, 2.45) is 0 Å². The number of halogens is 1. The Hall–Kier alpha value is -3.19. The van der Waals surface area contributed by atoms with Crippen molar-refractivity contribution in [1.82, 2.24) is 5.32 Å². The maximum Gasteiger partial charge on any atom is 0.338 e. The van der Waals surface area contributed by atoms with E-state index < -0.39 is 24.5 Å². The molecule has 0 spiro atoms. The fourth-order valence-corrected chi connectivity index (χ4v) is 3.42. The van der Waals surface area contributed by atoms with Crippen molar-refractivity contribution in [1.29, 1.82) is 0 Å². The summed E-state index contributed by atoms with van der Waals surface area (Å²) in [5.41, 5.74) is 8.14. The summed E-state index contributed by atoms with van der Waals surface area (Å²) in [5.74, 6) is -1.45. The predicted molar refractivity (Wildman–Crippen MR) is 107 cm³/mol. The summed E-state index contributed by atoms with van der Waals surface area (Å²) >= 11 is 1.47. The van der Waals surface area contributed by atoms with Crippen LogP contribution in [0.25, 0.3) is 0 Å². The van der Waals surface area contributed by atoms with Gasteiger partial charge in [0.1, 0.15) is 5.82 Å². The van der Waals surface area contributed by atoms with Gasteiger partial charge in [0.2, 0.25) is 0 Å². The molecule has 144 valence electrons. The van der Waals surface area contributed by atoms with Gasteiger partial charge >= 0.3 is 5.97 Å². The molecule has 1 aromatic heterocycles. The SMILES string of the molecule is Cc1ccc(C(=O)OCC(=O)N[C@@H](c2ccc(F)cc2)c2cccs2)cc1N. The van der Waals surface area contributed by atoms with E-state index in [1.807, 2.05) is 24.4 Å². The minimum Gasteiger partial charge on any atom is -0.452 e. The van der Waals surface area contributed by atoms with E-state index in [-0.39, 0.29) is 11.4 Å². The molecule has 0 radical (unpaired) electrons. The Bertz CT molecular complexity index is 972. The van der Waals surface area contributed by atoms with Gasteiger partial charge in [-0.3, -0.25) is 4.79 Å². The molecule has 1 atom stereocenters. The largest absolute Gasteiger partial charge is 0.452 e. The van der Waals surface area contributed by atoms with Crippen LogP contribution >= 0.6 is 11.3 Å². The first-order valence-corrected chi connectivity index (χ1v) is 9.43. The first-order chi connectivity index (χ1) is 13.4. The second-order valence-electron chi connectivity index (χ2n) is 6.21. The molecular weight excluding hydrogens is 379 g/mol. The second-order valence-corrected chi connectivity index (χ2v) is 7.19. The molecule has 0 bridgehead atoms. The fraction of sp³-hybridized carbons (Fsp3) is 0.143. The van der Waals surface area contributed by atoms with E-state index in [1.165, 1.54) is 29.5 Å². The van der Waals surface area contributed by atoms with Crippen LogP contribution in [0.4, 0.5) is 10.1 Å². The summed E-state index contributed by atoms with van der Waals surface area (Å²) < 4.78 is 18.3. The molecule has 3 rings (SSSR count). The van der Waals surface area contributed by atoms with Gasteiger partial charge in [0.15, 0.2) is 6.61 Å². The number of nitrogens with one attached hydrogen (secondary N) is 1. The normalized spacial score (nSPS) is 11.6. The Balaban J connectivity index is 1.66. The molecule has 1 amide bonds. The van der Waals surface area contributed by atoms with E-state index in [1.54, 1.807) is 24.3 Å². The van der Waals surface area contributed by atoms with E-state index in [2.05, 4.69) is 5.32 Å². The van der Waals surface area contributed by atoms with Gasteiger partial charge in [-0.2, -0.15) is 0 Å². The minimum absolute atomic E-state index is 0.282. The van der Waals surface area contributed by atoms with Crippen LogP contribution in [0.5, 0.6) is 0 Å². The maximum absolute atomic E-state index is 13.2. The van der Waals surface area contributed by atoms with Gasteiger partial charge in [-0.25, -0.2) is 9.18 Å². The van der Waals surface area contributed by atoms with Crippen LogP contribution in [-0.4, -0.2) is 18.5 Å². The number of rotatable bonds is 6. The lowest BCUT2D eigenvalue weighted by atomic mass is 10.1. The number of hydrogen-bond donors (Lipinski definition) is 2. The maximum atomic E-state index is 13.2. The van der Waals surface area contributed by atoms with E-state index >= 15 is 0 Å². The Labute approximate surface area is 166 Å². The van der Waals surface area contributed by atoms with Crippen LogP contribution in [-0.2, 0) is 9.53 Å². The molecule has 3 N–H and O–H groups in total. The number of anilines is 1. The molecule has 0 fully saturated rings. The van der Waals surface area contributed by atoms with Crippen molar-refractivity contribution in [3.8, 4) is 0 Å². The molecule has 5 nitrogen and oxygen atoms in total. The van der Waals surface area contributed by atoms with Crippen molar-refractivity contribution in [2.75, 3.05) is 12.3 Å². The quantitative estimate of drug-likeness (QED) is 0.488. The summed E-state index contributed by atoms with van der Waals surface area (Å²) in [7, 11) is 0. The van der Waals surface area contributed by atoms with Gasteiger partial charge in [-0.1, -0.05) is 24.3 Å². The molecule has 0 saturated heterocycles. The number of nitrogen functional groups attached to an aromatic ring is 1. The zero-order chi connectivity index (χ0) is 20.1. The number of aryl methyl sites for hydroxylation is 1. The average molecular weight is 398 g/mol. The summed E-state index contributed by atoms with van der Waals surface area (Å²) in [6.07, 6.45) is 0. The number of benzene rings is 2. The van der Waals surface area contributed by atoms with Gasteiger partial charge in [0, 0.05) is 10.6 Å². The molecular formula is C21H19FN2O3S. The van der Waals surface area contributed by atoms with E-state index in [0.29, 0.717) is 5.69 Å². The third kappa shape index (κ3) is 4.75. The second kappa shape index (κ2) is 8.67. The van der Waals surface area contributed by atoms with Crippen LogP contribution in [0.15, 0.2) is 60.0 Å². The molecule has 0 aliphatic rings. The molecule has 1 heterocycles. The lowest BCUT2D eigenvalue weighted by Gasteiger charge is -2.18. The van der Waals surface area contributed by atoms with E-state index in [4.69, 9.17) is 10.5 Å². The number of thiophene rings is 1. The monoisotopic (exact) mass is 398 g/mol. The first kappa shape index (κ1) is 19.6. The Kier molecular flexibility index (Phi) is 6.06.